The number of hydrogen-bond acceptors (Lipinski definition) is 3. The molecule has 1 aliphatic rings. The van der Waals surface area contributed by atoms with Gasteiger partial charge >= 0.3 is 0 Å². The van der Waals surface area contributed by atoms with Gasteiger partial charge in [-0.3, -0.25) is 4.79 Å². The van der Waals surface area contributed by atoms with Gasteiger partial charge in [-0.05, 0) is 43.3 Å². The normalized spacial score (nSPS) is 18.5. The fourth-order valence-corrected chi connectivity index (χ4v) is 4.10. The summed E-state index contributed by atoms with van der Waals surface area (Å²) in [6.45, 7) is 1.95. The van der Waals surface area contributed by atoms with Gasteiger partial charge in [0.2, 0.25) is 0 Å². The lowest BCUT2D eigenvalue weighted by molar-refractivity contribution is 0.0983. The van der Waals surface area contributed by atoms with Gasteiger partial charge in [0.1, 0.15) is 0 Å². The van der Waals surface area contributed by atoms with Crippen LogP contribution >= 0.6 is 11.6 Å². The van der Waals surface area contributed by atoms with Crippen molar-refractivity contribution in [2.24, 2.45) is 0 Å². The molecule has 1 amide bonds. The molecule has 24 heavy (non-hydrogen) atoms. The largest absolute Gasteiger partial charge is 0.300 e. The van der Waals surface area contributed by atoms with Gasteiger partial charge < -0.3 is 4.90 Å². The van der Waals surface area contributed by atoms with Crippen LogP contribution in [0.3, 0.4) is 0 Å². The van der Waals surface area contributed by atoms with Crippen LogP contribution in [-0.4, -0.2) is 26.1 Å². The lowest BCUT2D eigenvalue weighted by atomic mass is 10.1. The Labute approximate surface area is 146 Å². The van der Waals surface area contributed by atoms with E-state index in [2.05, 4.69) is 0 Å². The first-order valence-corrected chi connectivity index (χ1v) is 9.52. The lowest BCUT2D eigenvalue weighted by Gasteiger charge is -2.28. The van der Waals surface area contributed by atoms with E-state index in [1.807, 2.05) is 31.2 Å². The quantitative estimate of drug-likeness (QED) is 0.839. The monoisotopic (exact) mass is 361 g/mol. The predicted octanol–water partition coefficient (Wildman–Crippen LogP) is 3.61. The summed E-state index contributed by atoms with van der Waals surface area (Å²) in [5, 5.41) is 1.63. The van der Waals surface area contributed by atoms with Crippen LogP contribution in [0.1, 0.15) is 15.9 Å². The first-order valence-electron chi connectivity index (χ1n) is 7.42. The van der Waals surface area contributed by atoms with Crippen molar-refractivity contribution in [1.82, 2.24) is 0 Å². The van der Waals surface area contributed by atoms with E-state index >= 15 is 0 Å². The van der Waals surface area contributed by atoms with E-state index in [9.17, 15) is 13.2 Å². The molecule has 6 heteroatoms. The molecule has 1 aliphatic heterocycles. The number of carbonyl (C=O) groups excluding carboxylic acids is 1. The Kier molecular flexibility index (Phi) is 4.47. The standard InChI is InChI=1S/C18H16ClNO3S/c1-13-5-7-16(8-6-13)20(17-9-10-24(22,23)12-17)18(21)14-3-2-4-15(19)11-14/h2-11,17H,12H2,1H3/t17-/m0/s1. The molecule has 0 radical (unpaired) electrons. The Bertz CT molecular complexity index is 904. The highest BCUT2D eigenvalue weighted by Gasteiger charge is 2.32. The number of benzene rings is 2. The van der Waals surface area contributed by atoms with Crippen molar-refractivity contribution in [3.05, 3.63) is 76.2 Å². The van der Waals surface area contributed by atoms with Crippen molar-refractivity contribution in [3.63, 3.8) is 0 Å². The molecule has 0 spiro atoms. The van der Waals surface area contributed by atoms with Gasteiger partial charge in [0.05, 0.1) is 11.8 Å². The topological polar surface area (TPSA) is 54.5 Å². The lowest BCUT2D eigenvalue weighted by Crippen LogP contribution is -2.41. The van der Waals surface area contributed by atoms with Crippen molar-refractivity contribution >= 4 is 33.0 Å². The molecule has 1 atom stereocenters. The molecule has 2 aromatic rings. The first kappa shape index (κ1) is 16.7. The zero-order chi connectivity index (χ0) is 17.3. The number of anilines is 1. The molecule has 0 aromatic heterocycles. The highest BCUT2D eigenvalue weighted by Crippen LogP contribution is 2.26. The smallest absolute Gasteiger partial charge is 0.258 e. The Morgan fingerprint density at radius 3 is 2.46 bits per heavy atom. The second-order valence-electron chi connectivity index (χ2n) is 5.75. The van der Waals surface area contributed by atoms with Crippen LogP contribution in [0, 0.1) is 6.92 Å². The summed E-state index contributed by atoms with van der Waals surface area (Å²) in [5.41, 5.74) is 2.13. The van der Waals surface area contributed by atoms with Crippen molar-refractivity contribution in [2.45, 2.75) is 13.0 Å². The molecule has 0 unspecified atom stereocenters. The van der Waals surface area contributed by atoms with Gasteiger partial charge in [-0.15, -0.1) is 0 Å². The van der Waals surface area contributed by atoms with E-state index in [1.165, 1.54) is 10.3 Å². The second-order valence-corrected chi connectivity index (χ2v) is 8.11. The molecule has 124 valence electrons. The maximum absolute atomic E-state index is 13.0. The number of amides is 1. The van der Waals surface area contributed by atoms with Gasteiger partial charge in [0.15, 0.2) is 9.84 Å². The van der Waals surface area contributed by atoms with E-state index in [4.69, 9.17) is 11.6 Å². The minimum absolute atomic E-state index is 0.118. The number of aryl methyl sites for hydroxylation is 1. The molecule has 0 saturated heterocycles. The summed E-state index contributed by atoms with van der Waals surface area (Å²) in [4.78, 5) is 14.5. The van der Waals surface area contributed by atoms with Crippen molar-refractivity contribution in [1.29, 1.82) is 0 Å². The Balaban J connectivity index is 2.03. The third kappa shape index (κ3) is 3.52. The van der Waals surface area contributed by atoms with Crippen LogP contribution in [0.2, 0.25) is 5.02 Å². The number of halogens is 1. The number of hydrogen-bond donors (Lipinski definition) is 0. The maximum atomic E-state index is 13.0. The van der Waals surface area contributed by atoms with Crippen LogP contribution < -0.4 is 4.90 Å². The highest BCUT2D eigenvalue weighted by atomic mass is 35.5. The number of nitrogens with zero attached hydrogens (tertiary/aromatic N) is 1. The van der Waals surface area contributed by atoms with E-state index in [0.29, 0.717) is 16.3 Å². The van der Waals surface area contributed by atoms with Crippen LogP contribution in [0.5, 0.6) is 0 Å². The van der Waals surface area contributed by atoms with Crippen LogP contribution in [0.4, 0.5) is 5.69 Å². The van der Waals surface area contributed by atoms with Crippen molar-refractivity contribution < 1.29 is 13.2 Å². The summed E-state index contributed by atoms with van der Waals surface area (Å²) in [5.74, 6) is -0.402. The molecule has 4 nitrogen and oxygen atoms in total. The third-order valence-electron chi connectivity index (χ3n) is 3.85. The molecular weight excluding hydrogens is 346 g/mol. The molecule has 0 saturated carbocycles. The number of carbonyl (C=O) groups is 1. The van der Waals surface area contributed by atoms with Gasteiger partial charge in [0.25, 0.3) is 5.91 Å². The molecule has 1 heterocycles. The molecular formula is C18H16ClNO3S. The number of rotatable bonds is 3. The van der Waals surface area contributed by atoms with E-state index in [-0.39, 0.29) is 11.7 Å². The van der Waals surface area contributed by atoms with Gasteiger partial charge in [-0.25, -0.2) is 8.42 Å². The second kappa shape index (κ2) is 6.42. The van der Waals surface area contributed by atoms with Crippen LogP contribution in [0.25, 0.3) is 0 Å². The summed E-state index contributed by atoms with van der Waals surface area (Å²) < 4.78 is 23.6. The Morgan fingerprint density at radius 1 is 1.17 bits per heavy atom. The van der Waals surface area contributed by atoms with Gasteiger partial charge in [-0.1, -0.05) is 35.4 Å². The third-order valence-corrected chi connectivity index (χ3v) is 5.46. The average Bonchev–Trinajstić information content (AvgIpc) is 2.89. The maximum Gasteiger partial charge on any atom is 0.258 e. The van der Waals surface area contributed by atoms with Gasteiger partial charge in [-0.2, -0.15) is 0 Å². The highest BCUT2D eigenvalue weighted by molar-refractivity contribution is 7.94. The molecule has 0 aliphatic carbocycles. The summed E-state index contributed by atoms with van der Waals surface area (Å²) >= 11 is 5.98. The molecule has 3 rings (SSSR count). The SMILES string of the molecule is Cc1ccc(N(C(=O)c2cccc(Cl)c2)[C@H]2C=CS(=O)(=O)C2)cc1. The molecule has 0 fully saturated rings. The summed E-state index contributed by atoms with van der Waals surface area (Å²) in [6.07, 6.45) is 1.55. The van der Waals surface area contributed by atoms with E-state index < -0.39 is 15.9 Å². The minimum atomic E-state index is -3.28. The molecule has 0 N–H and O–H groups in total. The predicted molar refractivity (Wildman–Crippen MR) is 96.2 cm³/mol. The van der Waals surface area contributed by atoms with Crippen molar-refractivity contribution in [3.8, 4) is 0 Å². The molecule has 2 aromatic carbocycles. The average molecular weight is 362 g/mol. The summed E-state index contributed by atoms with van der Waals surface area (Å²) in [6, 6.07) is 13.5. The van der Waals surface area contributed by atoms with E-state index in [1.54, 1.807) is 30.3 Å². The van der Waals surface area contributed by atoms with Crippen LogP contribution in [-0.2, 0) is 9.84 Å². The fourth-order valence-electron chi connectivity index (χ4n) is 2.65. The number of sulfone groups is 1. The molecule has 0 bridgehead atoms. The first-order chi connectivity index (χ1) is 11.4. The van der Waals surface area contributed by atoms with Gasteiger partial charge in [0, 0.05) is 21.7 Å². The minimum Gasteiger partial charge on any atom is -0.300 e. The van der Waals surface area contributed by atoms with Crippen molar-refractivity contribution in [2.75, 3.05) is 10.7 Å². The summed E-state index contributed by atoms with van der Waals surface area (Å²) in [7, 11) is -3.28. The Morgan fingerprint density at radius 2 is 1.88 bits per heavy atom. The Hall–Kier alpha value is -2.11. The zero-order valence-corrected chi connectivity index (χ0v) is 14.6. The van der Waals surface area contributed by atoms with E-state index in [0.717, 1.165) is 5.56 Å². The fraction of sp³-hybridized carbons (Fsp3) is 0.167. The zero-order valence-electron chi connectivity index (χ0n) is 13.0. The van der Waals surface area contributed by atoms with Crippen LogP contribution in [0.15, 0.2) is 60.0 Å².